The number of carbonyl (C=O) groups excluding carboxylic acids is 1. The van der Waals surface area contributed by atoms with Crippen LogP contribution in [0.15, 0.2) is 12.3 Å². The fraction of sp³-hybridized carbons (Fsp3) is 0.583. The van der Waals surface area contributed by atoms with Crippen molar-refractivity contribution in [3.63, 3.8) is 0 Å². The van der Waals surface area contributed by atoms with Crippen LogP contribution in [0, 0.1) is 10.1 Å². The maximum Gasteiger partial charge on any atom is 0.287 e. The third kappa shape index (κ3) is 2.21. The van der Waals surface area contributed by atoms with Crippen LogP contribution in [-0.4, -0.2) is 44.6 Å². The highest BCUT2D eigenvalue weighted by Crippen LogP contribution is 2.38. The zero-order valence-electron chi connectivity index (χ0n) is 10.4. The summed E-state index contributed by atoms with van der Waals surface area (Å²) in [7, 11) is 0. The molecule has 3 rings (SSSR count). The van der Waals surface area contributed by atoms with Crippen LogP contribution < -0.4 is 0 Å². The van der Waals surface area contributed by atoms with E-state index in [1.807, 2.05) is 0 Å². The fourth-order valence-corrected chi connectivity index (χ4v) is 2.48. The molecule has 0 spiro atoms. The lowest BCUT2D eigenvalue weighted by Gasteiger charge is -2.16. The Kier molecular flexibility index (Phi) is 2.78. The molecule has 7 heteroatoms. The van der Waals surface area contributed by atoms with Gasteiger partial charge < -0.3 is 14.6 Å². The van der Waals surface area contributed by atoms with Crippen molar-refractivity contribution in [1.82, 2.24) is 9.47 Å². The van der Waals surface area contributed by atoms with Crippen molar-refractivity contribution >= 4 is 11.6 Å². The van der Waals surface area contributed by atoms with Crippen molar-refractivity contribution in [3.8, 4) is 0 Å². The number of likely N-dealkylation sites (tertiary alicyclic amines) is 1. The predicted octanol–water partition coefficient (Wildman–Crippen LogP) is 0.938. The molecule has 1 aromatic rings. The smallest absolute Gasteiger partial charge is 0.287 e. The first-order valence-electron chi connectivity index (χ1n) is 6.40. The maximum absolute atomic E-state index is 12.4. The minimum absolute atomic E-state index is 0.0463. The molecule has 1 unspecified atom stereocenters. The molecule has 19 heavy (non-hydrogen) atoms. The number of aliphatic hydroxyl groups excluding tert-OH is 1. The Morgan fingerprint density at radius 3 is 2.68 bits per heavy atom. The number of aliphatic hydroxyl groups is 1. The average Bonchev–Trinajstić information content (AvgIpc) is 2.96. The molecule has 1 aliphatic carbocycles. The van der Waals surface area contributed by atoms with Crippen LogP contribution in [-0.2, 0) is 0 Å². The van der Waals surface area contributed by atoms with Crippen molar-refractivity contribution in [2.75, 3.05) is 13.1 Å². The molecule has 1 saturated heterocycles. The number of carbonyl (C=O) groups is 1. The molecule has 102 valence electrons. The lowest BCUT2D eigenvalue weighted by Crippen LogP contribution is -2.31. The molecule has 1 saturated carbocycles. The quantitative estimate of drug-likeness (QED) is 0.650. The fourth-order valence-electron chi connectivity index (χ4n) is 2.48. The van der Waals surface area contributed by atoms with Gasteiger partial charge in [0.15, 0.2) is 0 Å². The Bertz CT molecular complexity index is 535. The van der Waals surface area contributed by atoms with Crippen molar-refractivity contribution in [2.24, 2.45) is 0 Å². The van der Waals surface area contributed by atoms with Crippen molar-refractivity contribution < 1.29 is 14.8 Å². The summed E-state index contributed by atoms with van der Waals surface area (Å²) < 4.78 is 1.71. The van der Waals surface area contributed by atoms with E-state index in [0.717, 1.165) is 12.8 Å². The first-order chi connectivity index (χ1) is 9.06. The third-order valence-corrected chi connectivity index (χ3v) is 3.65. The number of nitrogens with zero attached hydrogens (tertiary/aromatic N) is 3. The third-order valence-electron chi connectivity index (χ3n) is 3.65. The van der Waals surface area contributed by atoms with E-state index in [1.165, 1.54) is 12.3 Å². The Balaban J connectivity index is 1.90. The lowest BCUT2D eigenvalue weighted by molar-refractivity contribution is -0.384. The summed E-state index contributed by atoms with van der Waals surface area (Å²) in [6.07, 6.45) is 3.43. The number of amides is 1. The van der Waals surface area contributed by atoms with Crippen LogP contribution >= 0.6 is 0 Å². The van der Waals surface area contributed by atoms with Gasteiger partial charge in [-0.3, -0.25) is 14.9 Å². The Labute approximate surface area is 109 Å². The molecule has 2 heterocycles. The van der Waals surface area contributed by atoms with E-state index in [9.17, 15) is 20.0 Å². The van der Waals surface area contributed by atoms with E-state index in [0.29, 0.717) is 25.2 Å². The lowest BCUT2D eigenvalue weighted by atomic mass is 10.3. The van der Waals surface area contributed by atoms with Crippen LogP contribution in [0.3, 0.4) is 0 Å². The second-order valence-corrected chi connectivity index (χ2v) is 5.17. The largest absolute Gasteiger partial charge is 0.391 e. The van der Waals surface area contributed by atoms with E-state index in [4.69, 9.17) is 0 Å². The molecule has 1 aromatic heterocycles. The molecule has 0 radical (unpaired) electrons. The van der Waals surface area contributed by atoms with Gasteiger partial charge in [-0.2, -0.15) is 0 Å². The second-order valence-electron chi connectivity index (χ2n) is 5.17. The summed E-state index contributed by atoms with van der Waals surface area (Å²) in [5.41, 5.74) is 0.318. The molecule has 2 aliphatic rings. The zero-order valence-corrected chi connectivity index (χ0v) is 10.4. The Hall–Kier alpha value is -1.89. The number of hydrogen-bond acceptors (Lipinski definition) is 4. The monoisotopic (exact) mass is 265 g/mol. The summed E-state index contributed by atoms with van der Waals surface area (Å²) in [5.74, 6) is -0.225. The van der Waals surface area contributed by atoms with Crippen molar-refractivity contribution in [3.05, 3.63) is 28.1 Å². The van der Waals surface area contributed by atoms with Gasteiger partial charge in [-0.15, -0.1) is 0 Å². The highest BCUT2D eigenvalue weighted by atomic mass is 16.6. The van der Waals surface area contributed by atoms with Gasteiger partial charge in [-0.05, 0) is 19.3 Å². The molecule has 1 N–H and O–H groups in total. The molecule has 7 nitrogen and oxygen atoms in total. The summed E-state index contributed by atoms with van der Waals surface area (Å²) in [6, 6.07) is 1.55. The van der Waals surface area contributed by atoms with E-state index in [-0.39, 0.29) is 17.6 Å². The minimum atomic E-state index is -0.483. The van der Waals surface area contributed by atoms with Crippen molar-refractivity contribution in [2.45, 2.75) is 31.4 Å². The maximum atomic E-state index is 12.4. The Morgan fingerprint density at radius 1 is 1.42 bits per heavy atom. The highest BCUT2D eigenvalue weighted by Gasteiger charge is 2.33. The molecule has 0 aromatic carbocycles. The first-order valence-corrected chi connectivity index (χ1v) is 6.40. The van der Waals surface area contributed by atoms with Gasteiger partial charge >= 0.3 is 0 Å². The highest BCUT2D eigenvalue weighted by molar-refractivity contribution is 5.94. The molecular formula is C12H15N3O4. The number of hydrogen-bond donors (Lipinski definition) is 1. The van der Waals surface area contributed by atoms with Gasteiger partial charge in [-0.25, -0.2) is 0 Å². The van der Waals surface area contributed by atoms with Crippen LogP contribution in [0.2, 0.25) is 0 Å². The second kappa shape index (κ2) is 4.34. The predicted molar refractivity (Wildman–Crippen MR) is 65.9 cm³/mol. The van der Waals surface area contributed by atoms with Gasteiger partial charge in [0.25, 0.3) is 11.6 Å². The summed E-state index contributed by atoms with van der Waals surface area (Å²) in [5, 5.41) is 20.3. The molecule has 2 fully saturated rings. The van der Waals surface area contributed by atoms with E-state index in [2.05, 4.69) is 0 Å². The van der Waals surface area contributed by atoms with Crippen molar-refractivity contribution in [1.29, 1.82) is 0 Å². The molecule has 1 amide bonds. The molecule has 1 atom stereocenters. The normalized spacial score (nSPS) is 22.8. The summed E-state index contributed by atoms with van der Waals surface area (Å²) in [6.45, 7) is 0.812. The topological polar surface area (TPSA) is 88.6 Å². The van der Waals surface area contributed by atoms with Gasteiger partial charge in [0.05, 0.1) is 17.2 Å². The summed E-state index contributed by atoms with van der Waals surface area (Å²) in [4.78, 5) is 24.3. The van der Waals surface area contributed by atoms with E-state index >= 15 is 0 Å². The zero-order chi connectivity index (χ0) is 13.6. The van der Waals surface area contributed by atoms with E-state index < -0.39 is 11.0 Å². The van der Waals surface area contributed by atoms with Gasteiger partial charge in [-0.1, -0.05) is 0 Å². The van der Waals surface area contributed by atoms with Crippen LogP contribution in [0.4, 0.5) is 5.69 Å². The van der Waals surface area contributed by atoms with Gasteiger partial charge in [0.2, 0.25) is 0 Å². The number of nitro groups is 1. The minimum Gasteiger partial charge on any atom is -0.391 e. The molecular weight excluding hydrogens is 250 g/mol. The molecule has 0 bridgehead atoms. The SMILES string of the molecule is O=C(c1cc([N+](=O)[O-])cn1C1CC1)N1CCC(O)C1. The van der Waals surface area contributed by atoms with Gasteiger partial charge in [0, 0.05) is 25.2 Å². The average molecular weight is 265 g/mol. The van der Waals surface area contributed by atoms with Crippen LogP contribution in [0.1, 0.15) is 35.8 Å². The standard InChI is InChI=1S/C12H15N3O4/c16-10-3-4-13(7-10)12(17)11-5-9(15(18)19)6-14(11)8-1-2-8/h5-6,8,10,16H,1-4,7H2. The number of aromatic nitrogens is 1. The van der Waals surface area contributed by atoms with Gasteiger partial charge in [0.1, 0.15) is 5.69 Å². The number of β-amino-alcohol motifs (C(OH)–C–C–N with tert-alkyl or cyclic N) is 1. The van der Waals surface area contributed by atoms with E-state index in [1.54, 1.807) is 9.47 Å². The van der Waals surface area contributed by atoms with Crippen LogP contribution in [0.25, 0.3) is 0 Å². The first kappa shape index (κ1) is 12.2. The number of rotatable bonds is 3. The van der Waals surface area contributed by atoms with Crippen LogP contribution in [0.5, 0.6) is 0 Å². The molecule has 1 aliphatic heterocycles. The Morgan fingerprint density at radius 2 is 2.16 bits per heavy atom. The summed E-state index contributed by atoms with van der Waals surface area (Å²) >= 11 is 0.